The summed E-state index contributed by atoms with van der Waals surface area (Å²) < 4.78 is 47.2. The van der Waals surface area contributed by atoms with Crippen molar-refractivity contribution in [3.63, 3.8) is 0 Å². The smallest absolute Gasteiger partial charge is 0.343 e. The van der Waals surface area contributed by atoms with E-state index in [0.29, 0.717) is 24.4 Å². The zero-order valence-corrected chi connectivity index (χ0v) is 15.9. The van der Waals surface area contributed by atoms with E-state index in [1.165, 1.54) is 6.33 Å². The average Bonchev–Trinajstić information content (AvgIpc) is 3.34. The molecule has 156 valence electrons. The molecule has 4 rings (SSSR count). The predicted molar refractivity (Wildman–Crippen MR) is 93.8 cm³/mol. The summed E-state index contributed by atoms with van der Waals surface area (Å²) in [4.78, 5) is 33.2. The maximum absolute atomic E-state index is 13.2. The van der Waals surface area contributed by atoms with Gasteiger partial charge in [0.1, 0.15) is 11.5 Å². The van der Waals surface area contributed by atoms with E-state index < -0.39 is 27.3 Å². The lowest BCUT2D eigenvalue weighted by Gasteiger charge is -2.09. The number of imidazole rings is 2. The Hall–Kier alpha value is -2.34. The summed E-state index contributed by atoms with van der Waals surface area (Å²) in [5.74, 6) is -0.813. The van der Waals surface area contributed by atoms with Crippen LogP contribution < -0.4 is 0 Å². The number of aromatic amines is 1. The van der Waals surface area contributed by atoms with Crippen LogP contribution >= 0.6 is 8.60 Å². The summed E-state index contributed by atoms with van der Waals surface area (Å²) in [5.41, 5.74) is 1.33. The molecule has 3 aromatic rings. The molecule has 14 heteroatoms. The fourth-order valence-electron chi connectivity index (χ4n) is 3.31. The van der Waals surface area contributed by atoms with Gasteiger partial charge in [0.2, 0.25) is 0 Å². The molecule has 0 unspecified atom stereocenters. The fraction of sp³-hybridized carbons (Fsp3) is 0.467. The molecule has 0 atom stereocenters. The van der Waals surface area contributed by atoms with Gasteiger partial charge in [0.05, 0.1) is 23.9 Å². The van der Waals surface area contributed by atoms with E-state index in [2.05, 4.69) is 29.6 Å². The number of H-pyrrole nitrogens is 1. The molecule has 1 aliphatic heterocycles. The number of hydrogen-bond acceptors (Lipinski definition) is 7. The molecule has 0 saturated heterocycles. The first-order valence-corrected chi connectivity index (χ1v) is 9.92. The largest absolute Gasteiger partial charge is 0.453 e. The first-order valence-electron chi connectivity index (χ1n) is 8.76. The molecule has 0 aliphatic carbocycles. The van der Waals surface area contributed by atoms with Gasteiger partial charge in [-0.1, -0.05) is 6.42 Å². The zero-order valence-electron chi connectivity index (χ0n) is 15.0. The molecule has 3 aromatic heterocycles. The van der Waals surface area contributed by atoms with Crippen molar-refractivity contribution in [2.75, 3.05) is 0 Å². The molecular formula is C15H17F3N7O3P. The SMILES string of the molecule is OP(O)OCn1nc(C(F)(F)F)nc1-c1nc2n(c1-c1cnc[nH]1)CCCCC2. The molecule has 0 bridgehead atoms. The van der Waals surface area contributed by atoms with Gasteiger partial charge in [0.25, 0.3) is 5.82 Å². The van der Waals surface area contributed by atoms with Gasteiger partial charge < -0.3 is 19.3 Å². The summed E-state index contributed by atoms with van der Waals surface area (Å²) in [5, 5.41) is 3.45. The second kappa shape index (κ2) is 7.82. The molecule has 3 N–H and O–H groups in total. The third kappa shape index (κ3) is 4.04. The second-order valence-electron chi connectivity index (χ2n) is 6.42. The summed E-state index contributed by atoms with van der Waals surface area (Å²) in [6.45, 7) is 0.0355. The van der Waals surface area contributed by atoms with E-state index >= 15 is 0 Å². The van der Waals surface area contributed by atoms with Crippen molar-refractivity contribution in [1.82, 2.24) is 34.3 Å². The molecule has 0 saturated carbocycles. The molecule has 0 spiro atoms. The van der Waals surface area contributed by atoms with Gasteiger partial charge in [-0.25, -0.2) is 19.6 Å². The van der Waals surface area contributed by atoms with Crippen LogP contribution in [0.2, 0.25) is 0 Å². The molecule has 0 amide bonds. The van der Waals surface area contributed by atoms with Crippen LogP contribution in [0.5, 0.6) is 0 Å². The van der Waals surface area contributed by atoms with Crippen LogP contribution in [0.15, 0.2) is 12.5 Å². The third-order valence-electron chi connectivity index (χ3n) is 4.51. The first kappa shape index (κ1) is 20.0. The Bertz CT molecular complexity index is 984. The zero-order chi connectivity index (χ0) is 20.6. The van der Waals surface area contributed by atoms with Crippen molar-refractivity contribution >= 4 is 8.60 Å². The number of aromatic nitrogens is 7. The van der Waals surface area contributed by atoms with Crippen LogP contribution in [-0.4, -0.2) is 44.1 Å². The Labute approximate surface area is 163 Å². The maximum Gasteiger partial charge on any atom is 0.453 e. The number of rotatable bonds is 5. The van der Waals surface area contributed by atoms with Gasteiger partial charge in [-0.2, -0.15) is 13.2 Å². The van der Waals surface area contributed by atoms with Crippen LogP contribution in [0.25, 0.3) is 22.9 Å². The van der Waals surface area contributed by atoms with E-state index in [1.54, 1.807) is 6.20 Å². The molecule has 1 aliphatic rings. The lowest BCUT2D eigenvalue weighted by atomic mass is 10.2. The first-order chi connectivity index (χ1) is 13.8. The number of nitrogens with one attached hydrogen (secondary N) is 1. The predicted octanol–water partition coefficient (Wildman–Crippen LogP) is 2.46. The standard InChI is InChI=1S/C15H17F3N7O3P/c16-15(17,18)14-22-13(25(23-14)8-28-29(26)27)11-12(9-6-19-7-20-9)24-5-3-1-2-4-10(24)21-11/h6-7,26-27H,1-5,8H2,(H,19,20). The van der Waals surface area contributed by atoms with Gasteiger partial charge >= 0.3 is 14.8 Å². The van der Waals surface area contributed by atoms with E-state index in [4.69, 9.17) is 9.79 Å². The molecule has 10 nitrogen and oxygen atoms in total. The van der Waals surface area contributed by atoms with Crippen LogP contribution in [0.4, 0.5) is 13.2 Å². The van der Waals surface area contributed by atoms with E-state index in [-0.39, 0.29) is 11.5 Å². The van der Waals surface area contributed by atoms with Gasteiger partial charge in [-0.15, -0.1) is 5.10 Å². The van der Waals surface area contributed by atoms with Crippen LogP contribution in [0, 0.1) is 0 Å². The highest BCUT2D eigenvalue weighted by Gasteiger charge is 2.38. The Morgan fingerprint density at radius 1 is 1.21 bits per heavy atom. The van der Waals surface area contributed by atoms with Crippen LogP contribution in [0.1, 0.15) is 30.9 Å². The average molecular weight is 431 g/mol. The Kier molecular flexibility index (Phi) is 5.38. The molecule has 0 aromatic carbocycles. The van der Waals surface area contributed by atoms with Crippen molar-refractivity contribution in [1.29, 1.82) is 0 Å². The molecular weight excluding hydrogens is 414 g/mol. The van der Waals surface area contributed by atoms with Gasteiger partial charge in [-0.05, 0) is 12.8 Å². The number of hydrogen-bond donors (Lipinski definition) is 3. The molecule has 0 fully saturated rings. The van der Waals surface area contributed by atoms with Crippen molar-refractivity contribution < 1.29 is 27.5 Å². The van der Waals surface area contributed by atoms with Crippen molar-refractivity contribution in [3.05, 3.63) is 24.2 Å². The highest BCUT2D eigenvalue weighted by Crippen LogP contribution is 2.36. The number of alkyl halides is 3. The molecule has 0 radical (unpaired) electrons. The second-order valence-corrected chi connectivity index (χ2v) is 7.18. The summed E-state index contributed by atoms with van der Waals surface area (Å²) in [7, 11) is -2.78. The lowest BCUT2D eigenvalue weighted by molar-refractivity contribution is -0.145. The Balaban J connectivity index is 1.89. The normalized spacial score (nSPS) is 15.0. The topological polar surface area (TPSA) is 127 Å². The van der Waals surface area contributed by atoms with Crippen molar-refractivity contribution in [2.24, 2.45) is 0 Å². The number of aryl methyl sites for hydroxylation is 1. The van der Waals surface area contributed by atoms with Crippen LogP contribution in [-0.2, 0) is 30.4 Å². The summed E-state index contributed by atoms with van der Waals surface area (Å²) in [6.07, 6.45) is 1.77. The van der Waals surface area contributed by atoms with Crippen molar-refractivity contribution in [3.8, 4) is 22.9 Å². The van der Waals surface area contributed by atoms with E-state index in [9.17, 15) is 13.2 Å². The van der Waals surface area contributed by atoms with E-state index in [0.717, 1.165) is 29.8 Å². The Morgan fingerprint density at radius 3 is 2.72 bits per heavy atom. The molecule has 29 heavy (non-hydrogen) atoms. The number of nitrogens with zero attached hydrogens (tertiary/aromatic N) is 6. The van der Waals surface area contributed by atoms with E-state index in [1.807, 2.05) is 4.57 Å². The third-order valence-corrected chi connectivity index (χ3v) is 4.86. The maximum atomic E-state index is 13.2. The highest BCUT2D eigenvalue weighted by atomic mass is 31.2. The van der Waals surface area contributed by atoms with Gasteiger partial charge in [0.15, 0.2) is 12.6 Å². The van der Waals surface area contributed by atoms with Crippen LogP contribution in [0.3, 0.4) is 0 Å². The minimum atomic E-state index is -4.78. The fourth-order valence-corrected chi connectivity index (χ4v) is 3.52. The van der Waals surface area contributed by atoms with Crippen molar-refractivity contribution in [2.45, 2.75) is 45.1 Å². The lowest BCUT2D eigenvalue weighted by Crippen LogP contribution is -2.09. The highest BCUT2D eigenvalue weighted by molar-refractivity contribution is 7.39. The summed E-state index contributed by atoms with van der Waals surface area (Å²) >= 11 is 0. The monoisotopic (exact) mass is 431 g/mol. The summed E-state index contributed by atoms with van der Waals surface area (Å²) in [6, 6.07) is 0. The number of halogens is 3. The van der Waals surface area contributed by atoms with Gasteiger partial charge in [-0.3, -0.25) is 4.52 Å². The quantitative estimate of drug-likeness (QED) is 0.530. The minimum absolute atomic E-state index is 0.181. The minimum Gasteiger partial charge on any atom is -0.343 e. The number of fused-ring (bicyclic) bond motifs is 1. The van der Waals surface area contributed by atoms with Gasteiger partial charge in [0, 0.05) is 13.0 Å². The molecule has 4 heterocycles. The Morgan fingerprint density at radius 2 is 2.03 bits per heavy atom.